The average molecular weight is 1370 g/mol. The third-order valence-corrected chi connectivity index (χ3v) is 18.1. The molecule has 3 N–H and O–H groups in total. The highest BCUT2D eigenvalue weighted by molar-refractivity contribution is 7.47. The number of phosphoric acid groups is 2. The number of aliphatic hydroxyl groups is 1. The average Bonchev–Trinajstić information content (AvgIpc) is 1.67. The minimum absolute atomic E-state index is 0.0879. The number of hydrogen-bond donors (Lipinski definition) is 3. The number of rotatable bonds is 72. The first-order valence-electron chi connectivity index (χ1n) is 37.9. The van der Waals surface area contributed by atoms with Crippen LogP contribution in [0.3, 0.4) is 0 Å². The fourth-order valence-corrected chi connectivity index (χ4v) is 12.0. The van der Waals surface area contributed by atoms with E-state index in [4.69, 9.17) is 37.0 Å². The summed E-state index contributed by atoms with van der Waals surface area (Å²) < 4.78 is 68.4. The summed E-state index contributed by atoms with van der Waals surface area (Å²) in [4.78, 5) is 72.7. The molecule has 0 bridgehead atoms. The summed E-state index contributed by atoms with van der Waals surface area (Å²) in [6.07, 6.45) is 63.8. The predicted molar refractivity (Wildman–Crippen MR) is 381 cm³/mol. The van der Waals surface area contributed by atoms with Gasteiger partial charge in [-0.3, -0.25) is 37.3 Å². The van der Waals surface area contributed by atoms with Gasteiger partial charge in [-0.05, 0) is 128 Å². The van der Waals surface area contributed by atoms with Crippen LogP contribution in [0.1, 0.15) is 349 Å². The zero-order chi connectivity index (χ0) is 69.0. The first-order chi connectivity index (χ1) is 45.7. The summed E-state index contributed by atoms with van der Waals surface area (Å²) >= 11 is 0. The molecule has 0 radical (unpaired) electrons. The zero-order valence-electron chi connectivity index (χ0n) is 59.9. The lowest BCUT2D eigenvalue weighted by Crippen LogP contribution is -2.30. The van der Waals surface area contributed by atoms with E-state index in [0.717, 1.165) is 154 Å². The van der Waals surface area contributed by atoms with Crippen molar-refractivity contribution in [2.24, 2.45) is 0 Å². The molecule has 0 saturated heterocycles. The van der Waals surface area contributed by atoms with Crippen LogP contribution >= 0.6 is 15.6 Å². The number of phosphoric ester groups is 2. The first-order valence-corrected chi connectivity index (χ1v) is 40.9. The van der Waals surface area contributed by atoms with Gasteiger partial charge in [0.25, 0.3) is 0 Å². The number of unbranched alkanes of at least 4 members (excludes halogenated alkanes) is 38. The molecule has 0 fully saturated rings. The van der Waals surface area contributed by atoms with Crippen LogP contribution in [-0.4, -0.2) is 96.7 Å². The monoisotopic (exact) mass is 1370 g/mol. The van der Waals surface area contributed by atoms with Crippen molar-refractivity contribution in [3.8, 4) is 0 Å². The fraction of sp³-hybridized carbons (Fsp3) is 0.840. The molecule has 0 aromatic carbocycles. The molecule has 0 aliphatic rings. The second kappa shape index (κ2) is 68.5. The molecule has 17 nitrogen and oxygen atoms in total. The Hall–Kier alpha value is -2.98. The number of allylic oxidation sites excluding steroid dienone is 8. The first kappa shape index (κ1) is 91.0. The smallest absolute Gasteiger partial charge is 0.462 e. The SMILES string of the molecule is CCCCCC/C=C\CCCCCCCCCC(=O)OC[C@H](COP(=O)(O)OC[C@@H](O)COP(=O)(O)OC[C@@H](COC(=O)CCCCCCC/C=C\CCCCCC)OC(=O)CCCCCCC/C=C\CCCCCC)OC(=O)CCCCCCC/C=C\CCCCCC. The third-order valence-electron chi connectivity index (χ3n) is 16.2. The standard InChI is InChI=1S/C75H138O17P2/c1-5-9-13-17-21-25-29-33-34-38-40-44-48-52-56-60-73(78)86-66-71(92-75(80)62-58-54-50-46-42-37-32-28-24-20-16-12-8-4)68-90-94(83,84)88-64-69(76)63-87-93(81,82)89-67-70(91-74(79)61-57-53-49-45-41-36-31-27-23-19-15-11-7-3)65-85-72(77)59-55-51-47-43-39-35-30-26-22-18-14-10-6-2/h25-32,69-71,76H,5-24,33-68H2,1-4H3,(H,81,82)(H,83,84)/b29-25-,30-26-,31-27-,32-28-/t69-,70+,71+/m0/s1. The van der Waals surface area contributed by atoms with E-state index in [1.165, 1.54) is 116 Å². The normalized spacial score (nSPS) is 14.2. The predicted octanol–water partition coefficient (Wildman–Crippen LogP) is 21.3. The van der Waals surface area contributed by atoms with E-state index in [0.29, 0.717) is 25.7 Å². The summed E-state index contributed by atoms with van der Waals surface area (Å²) in [5.41, 5.74) is 0. The van der Waals surface area contributed by atoms with Gasteiger partial charge >= 0.3 is 39.5 Å². The zero-order valence-corrected chi connectivity index (χ0v) is 61.7. The van der Waals surface area contributed by atoms with Gasteiger partial charge in [-0.15, -0.1) is 0 Å². The van der Waals surface area contributed by atoms with E-state index < -0.39 is 97.5 Å². The highest BCUT2D eigenvalue weighted by Gasteiger charge is 2.30. The van der Waals surface area contributed by atoms with Crippen LogP contribution < -0.4 is 0 Å². The molecule has 94 heavy (non-hydrogen) atoms. The minimum Gasteiger partial charge on any atom is -0.462 e. The Morgan fingerprint density at radius 3 is 0.734 bits per heavy atom. The molecular weight excluding hydrogens is 1230 g/mol. The molecule has 0 rings (SSSR count). The molecule has 550 valence electrons. The van der Waals surface area contributed by atoms with Crippen molar-refractivity contribution >= 4 is 39.5 Å². The summed E-state index contributed by atoms with van der Waals surface area (Å²) in [6.45, 7) is 4.83. The number of aliphatic hydroxyl groups excluding tert-OH is 1. The van der Waals surface area contributed by atoms with Crippen molar-refractivity contribution in [1.29, 1.82) is 0 Å². The van der Waals surface area contributed by atoms with E-state index in [2.05, 4.69) is 76.3 Å². The van der Waals surface area contributed by atoms with Gasteiger partial charge in [0.1, 0.15) is 19.3 Å². The number of hydrogen-bond acceptors (Lipinski definition) is 15. The lowest BCUT2D eigenvalue weighted by Gasteiger charge is -2.21. The summed E-state index contributed by atoms with van der Waals surface area (Å²) in [5.74, 6) is -2.18. The molecule has 0 aromatic rings. The lowest BCUT2D eigenvalue weighted by atomic mass is 10.1. The van der Waals surface area contributed by atoms with Crippen molar-refractivity contribution in [3.05, 3.63) is 48.6 Å². The van der Waals surface area contributed by atoms with Crippen molar-refractivity contribution in [2.75, 3.05) is 39.6 Å². The van der Waals surface area contributed by atoms with Crippen molar-refractivity contribution < 1.29 is 80.2 Å². The van der Waals surface area contributed by atoms with E-state index >= 15 is 0 Å². The maximum absolute atomic E-state index is 13.1. The third kappa shape index (κ3) is 67.6. The van der Waals surface area contributed by atoms with Gasteiger partial charge in [-0.1, -0.05) is 243 Å². The maximum Gasteiger partial charge on any atom is 0.472 e. The van der Waals surface area contributed by atoms with Crippen LogP contribution in [0.5, 0.6) is 0 Å². The largest absolute Gasteiger partial charge is 0.472 e. The van der Waals surface area contributed by atoms with Crippen molar-refractivity contribution in [2.45, 2.75) is 367 Å². The van der Waals surface area contributed by atoms with Gasteiger partial charge in [0.2, 0.25) is 0 Å². The Labute approximate surface area is 572 Å². The van der Waals surface area contributed by atoms with Crippen molar-refractivity contribution in [3.63, 3.8) is 0 Å². The number of carbonyl (C=O) groups excluding carboxylic acids is 4. The molecule has 5 atom stereocenters. The van der Waals surface area contributed by atoms with Crippen LogP contribution in [0, 0.1) is 0 Å². The highest BCUT2D eigenvalue weighted by Crippen LogP contribution is 2.45. The molecule has 2 unspecified atom stereocenters. The molecule has 0 aliphatic heterocycles. The summed E-state index contributed by atoms with van der Waals surface area (Å²) in [5, 5.41) is 10.6. The van der Waals surface area contributed by atoms with Crippen molar-refractivity contribution in [1.82, 2.24) is 0 Å². The Morgan fingerprint density at radius 1 is 0.287 bits per heavy atom. The molecule has 0 aromatic heterocycles. The Bertz CT molecular complexity index is 1980. The number of ether oxygens (including phenoxy) is 4. The van der Waals surface area contributed by atoms with Crippen LogP contribution in [0.25, 0.3) is 0 Å². The van der Waals surface area contributed by atoms with Gasteiger partial charge in [0, 0.05) is 25.7 Å². The second-order valence-electron chi connectivity index (χ2n) is 25.6. The van der Waals surface area contributed by atoms with Crippen LogP contribution in [-0.2, 0) is 65.4 Å². The second-order valence-corrected chi connectivity index (χ2v) is 28.5. The minimum atomic E-state index is -4.97. The summed E-state index contributed by atoms with van der Waals surface area (Å²) in [7, 11) is -9.93. The van der Waals surface area contributed by atoms with Gasteiger partial charge in [0.05, 0.1) is 26.4 Å². The number of carbonyl (C=O) groups is 4. The molecule has 0 heterocycles. The van der Waals surface area contributed by atoms with Crippen LogP contribution in [0.15, 0.2) is 48.6 Å². The highest BCUT2D eigenvalue weighted by atomic mass is 31.2. The molecule has 0 saturated carbocycles. The molecule has 0 amide bonds. The topological polar surface area (TPSA) is 237 Å². The fourth-order valence-electron chi connectivity index (χ4n) is 10.4. The quantitative estimate of drug-likeness (QED) is 0.0169. The lowest BCUT2D eigenvalue weighted by molar-refractivity contribution is -0.161. The Morgan fingerprint density at radius 2 is 0.489 bits per heavy atom. The van der Waals surface area contributed by atoms with Crippen LogP contribution in [0.2, 0.25) is 0 Å². The number of esters is 4. The van der Waals surface area contributed by atoms with Gasteiger partial charge < -0.3 is 33.8 Å². The van der Waals surface area contributed by atoms with E-state index in [1.807, 2.05) is 0 Å². The Kier molecular flexibility index (Phi) is 66.4. The Balaban J connectivity index is 5.32. The van der Waals surface area contributed by atoms with E-state index in [9.17, 15) is 43.2 Å². The maximum atomic E-state index is 13.1. The van der Waals surface area contributed by atoms with Gasteiger partial charge in [-0.25, -0.2) is 9.13 Å². The molecule has 0 spiro atoms. The summed E-state index contributed by atoms with van der Waals surface area (Å²) in [6, 6.07) is 0. The molecular formula is C75H138O17P2. The van der Waals surface area contributed by atoms with E-state index in [-0.39, 0.29) is 25.7 Å². The van der Waals surface area contributed by atoms with E-state index in [1.54, 1.807) is 0 Å². The molecule has 0 aliphatic carbocycles. The van der Waals surface area contributed by atoms with Gasteiger partial charge in [0.15, 0.2) is 12.2 Å². The molecule has 19 heteroatoms. The van der Waals surface area contributed by atoms with Gasteiger partial charge in [-0.2, -0.15) is 0 Å². The van der Waals surface area contributed by atoms with Crippen LogP contribution in [0.4, 0.5) is 0 Å².